The van der Waals surface area contributed by atoms with E-state index in [4.69, 9.17) is 19.3 Å². The maximum atomic E-state index is 12.4. The number of hydrogen-bond donors (Lipinski definition) is 3. The van der Waals surface area contributed by atoms with Gasteiger partial charge in [-0.25, -0.2) is 4.98 Å². The summed E-state index contributed by atoms with van der Waals surface area (Å²) < 4.78 is 21.8. The molecular weight excluding hydrogens is 470 g/mol. The van der Waals surface area contributed by atoms with Gasteiger partial charge in [-0.1, -0.05) is 41.5 Å². The van der Waals surface area contributed by atoms with Crippen molar-refractivity contribution >= 4 is 33.7 Å². The predicted octanol–water partition coefficient (Wildman–Crippen LogP) is 3.37. The molecule has 12 heteroatoms. The summed E-state index contributed by atoms with van der Waals surface area (Å²) in [7, 11) is -4.54. The fourth-order valence-electron chi connectivity index (χ4n) is 3.51. The van der Waals surface area contributed by atoms with Crippen molar-refractivity contribution in [2.45, 2.75) is 102 Å². The fraction of sp³-hybridized carbons (Fsp3) is 0.773. The number of imidazole rings is 1. The summed E-state index contributed by atoms with van der Waals surface area (Å²) in [6.07, 6.45) is -0.818. The molecule has 4 N–H and O–H groups in total. The van der Waals surface area contributed by atoms with E-state index >= 15 is 0 Å². The van der Waals surface area contributed by atoms with Gasteiger partial charge >= 0.3 is 0 Å². The molecule has 192 valence electrons. The lowest BCUT2D eigenvalue weighted by molar-refractivity contribution is -0.0491. The Morgan fingerprint density at radius 2 is 1.62 bits per heavy atom. The summed E-state index contributed by atoms with van der Waals surface area (Å²) in [5.74, 6) is -0.00751. The molecule has 34 heavy (non-hydrogen) atoms. The van der Waals surface area contributed by atoms with Crippen LogP contribution in [0.25, 0.3) is 11.2 Å². The van der Waals surface area contributed by atoms with Crippen molar-refractivity contribution in [2.75, 3.05) is 12.3 Å². The minimum absolute atomic E-state index is 0.00751. The van der Waals surface area contributed by atoms with Gasteiger partial charge in [0.25, 0.3) is 5.56 Å². The Bertz CT molecular complexity index is 1090. The molecule has 1 fully saturated rings. The first kappa shape index (κ1) is 27.0. The third-order valence-electron chi connectivity index (χ3n) is 7.66. The first-order chi connectivity index (χ1) is 15.4. The van der Waals surface area contributed by atoms with Crippen LogP contribution >= 0.6 is 0 Å². The second-order valence-corrected chi connectivity index (χ2v) is 21.7. The van der Waals surface area contributed by atoms with Crippen molar-refractivity contribution in [1.29, 1.82) is 0 Å². The molecule has 1 saturated heterocycles. The van der Waals surface area contributed by atoms with Crippen LogP contribution in [0.4, 0.5) is 5.95 Å². The quantitative estimate of drug-likeness (QED) is 0.502. The van der Waals surface area contributed by atoms with Crippen molar-refractivity contribution in [3.63, 3.8) is 0 Å². The number of anilines is 1. The number of fused-ring (bicyclic) bond motifs is 1. The van der Waals surface area contributed by atoms with Crippen LogP contribution in [-0.2, 0) is 13.6 Å². The molecule has 2 aromatic heterocycles. The smallest absolute Gasteiger partial charge is 0.280 e. The van der Waals surface area contributed by atoms with Crippen LogP contribution in [-0.4, -0.2) is 66.2 Å². The zero-order valence-electron chi connectivity index (χ0n) is 22.1. The standard InChI is InChI=1S/C22H41N5O5Si2/c1-21(2,3)33(7,8)31-15-13(11-28)30-19(16(15)32-34(9,10)22(4,5)6)27-12-24-14-17(27)25-20(23)26-18(14)29/h12-13,15-16,19,28H,11H2,1-10H3,(H3,23,25,26,29)/t13-,15-,16-,19-/m1/s1. The van der Waals surface area contributed by atoms with Gasteiger partial charge in [-0.05, 0) is 36.3 Å². The number of ether oxygens (including phenoxy) is 1. The lowest BCUT2D eigenvalue weighted by Gasteiger charge is -2.44. The van der Waals surface area contributed by atoms with Crippen LogP contribution in [0, 0.1) is 0 Å². The molecule has 0 saturated carbocycles. The average Bonchev–Trinajstić information content (AvgIpc) is 3.21. The average molecular weight is 512 g/mol. The third kappa shape index (κ3) is 4.89. The number of H-pyrrole nitrogens is 1. The largest absolute Gasteiger partial charge is 0.408 e. The fourth-order valence-corrected chi connectivity index (χ4v) is 6.11. The van der Waals surface area contributed by atoms with Crippen molar-refractivity contribution in [2.24, 2.45) is 0 Å². The molecule has 3 rings (SSSR count). The normalized spacial score (nSPS) is 24.8. The van der Waals surface area contributed by atoms with E-state index in [1.807, 2.05) is 0 Å². The zero-order chi connectivity index (χ0) is 25.9. The zero-order valence-corrected chi connectivity index (χ0v) is 24.1. The maximum Gasteiger partial charge on any atom is 0.280 e. The van der Waals surface area contributed by atoms with Gasteiger partial charge in [0.2, 0.25) is 5.95 Å². The lowest BCUT2D eigenvalue weighted by Crippen LogP contribution is -2.53. The third-order valence-corrected chi connectivity index (χ3v) is 16.6. The second-order valence-electron chi connectivity index (χ2n) is 12.2. The monoisotopic (exact) mass is 511 g/mol. The number of aliphatic hydroxyl groups is 1. The van der Waals surface area contributed by atoms with Crippen LogP contribution in [0.5, 0.6) is 0 Å². The summed E-state index contributed by atoms with van der Waals surface area (Å²) in [4.78, 5) is 23.4. The van der Waals surface area contributed by atoms with Crippen molar-refractivity contribution < 1.29 is 18.7 Å². The highest BCUT2D eigenvalue weighted by Crippen LogP contribution is 2.45. The van der Waals surface area contributed by atoms with Gasteiger partial charge in [-0.15, -0.1) is 0 Å². The number of nitrogens with zero attached hydrogens (tertiary/aromatic N) is 3. The van der Waals surface area contributed by atoms with Crippen molar-refractivity contribution in [3.8, 4) is 0 Å². The molecule has 4 atom stereocenters. The Morgan fingerprint density at radius 3 is 2.12 bits per heavy atom. The summed E-state index contributed by atoms with van der Waals surface area (Å²) in [6, 6.07) is 0. The van der Waals surface area contributed by atoms with Crippen LogP contribution < -0.4 is 11.3 Å². The summed E-state index contributed by atoms with van der Waals surface area (Å²) in [5.41, 5.74) is 5.87. The first-order valence-electron chi connectivity index (χ1n) is 11.7. The number of nitrogen functional groups attached to an aromatic ring is 1. The SMILES string of the molecule is CC(C)(C)[Si](C)(C)O[C@@H]1[C@H](O[Si](C)(C)C(C)(C)C)[C@@H](CO)O[C@H]1n1cnc2c(=O)[nH]c(N)nc21. The van der Waals surface area contributed by atoms with Gasteiger partial charge in [0.15, 0.2) is 34.0 Å². The van der Waals surface area contributed by atoms with Gasteiger partial charge in [0, 0.05) is 0 Å². The molecule has 0 bridgehead atoms. The van der Waals surface area contributed by atoms with E-state index in [0.29, 0.717) is 5.65 Å². The van der Waals surface area contributed by atoms with Crippen LogP contribution in [0.3, 0.4) is 0 Å². The molecule has 0 aliphatic carbocycles. The maximum absolute atomic E-state index is 12.4. The van der Waals surface area contributed by atoms with Gasteiger partial charge in [0.05, 0.1) is 12.9 Å². The van der Waals surface area contributed by atoms with Crippen LogP contribution in [0.2, 0.25) is 36.3 Å². The molecule has 1 aliphatic heterocycles. The number of nitrogens with one attached hydrogen (secondary N) is 1. The second kappa shape index (κ2) is 8.82. The molecule has 2 aromatic rings. The molecule has 0 unspecified atom stereocenters. The van der Waals surface area contributed by atoms with Gasteiger partial charge in [-0.2, -0.15) is 4.98 Å². The molecule has 0 aromatic carbocycles. The van der Waals surface area contributed by atoms with E-state index in [-0.39, 0.29) is 28.1 Å². The molecule has 0 amide bonds. The summed E-state index contributed by atoms with van der Waals surface area (Å²) in [5, 5.41) is 10.2. The van der Waals surface area contributed by atoms with Gasteiger partial charge < -0.3 is 24.4 Å². The lowest BCUT2D eigenvalue weighted by atomic mass is 10.1. The first-order valence-corrected chi connectivity index (χ1v) is 17.6. The van der Waals surface area contributed by atoms with E-state index in [1.165, 1.54) is 6.33 Å². The highest BCUT2D eigenvalue weighted by Gasteiger charge is 2.54. The molecule has 0 spiro atoms. The van der Waals surface area contributed by atoms with E-state index in [9.17, 15) is 9.90 Å². The van der Waals surface area contributed by atoms with Gasteiger partial charge in [0.1, 0.15) is 18.3 Å². The summed E-state index contributed by atoms with van der Waals surface area (Å²) in [6.45, 7) is 21.5. The van der Waals surface area contributed by atoms with Crippen LogP contribution in [0.1, 0.15) is 47.8 Å². The van der Waals surface area contributed by atoms with E-state index < -0.39 is 46.7 Å². The highest BCUT2D eigenvalue weighted by atomic mass is 28.4. The predicted molar refractivity (Wildman–Crippen MR) is 138 cm³/mol. The minimum atomic E-state index is -2.29. The topological polar surface area (TPSA) is 138 Å². The molecular formula is C22H41N5O5Si2. The Labute approximate surface area is 203 Å². The Morgan fingerprint density at radius 1 is 1.09 bits per heavy atom. The minimum Gasteiger partial charge on any atom is -0.408 e. The number of aromatic amines is 1. The number of rotatable bonds is 6. The van der Waals surface area contributed by atoms with E-state index in [0.717, 1.165) is 0 Å². The van der Waals surface area contributed by atoms with E-state index in [1.54, 1.807) is 4.57 Å². The van der Waals surface area contributed by atoms with Crippen molar-refractivity contribution in [3.05, 3.63) is 16.7 Å². The van der Waals surface area contributed by atoms with Gasteiger partial charge in [-0.3, -0.25) is 14.3 Å². The molecule has 10 nitrogen and oxygen atoms in total. The Balaban J connectivity index is 2.14. The number of aromatic nitrogens is 4. The number of nitrogens with two attached hydrogens (primary N) is 1. The molecule has 1 aliphatic rings. The van der Waals surface area contributed by atoms with Crippen LogP contribution in [0.15, 0.2) is 11.1 Å². The van der Waals surface area contributed by atoms with Crippen molar-refractivity contribution in [1.82, 2.24) is 19.5 Å². The Hall–Kier alpha value is -1.58. The molecule has 0 radical (unpaired) electrons. The highest BCUT2D eigenvalue weighted by molar-refractivity contribution is 6.74. The molecule has 3 heterocycles. The number of aliphatic hydroxyl groups excluding tert-OH is 1. The number of hydrogen-bond acceptors (Lipinski definition) is 8. The Kier molecular flexibility index (Phi) is 7.01. The van der Waals surface area contributed by atoms with E-state index in [2.05, 4.69) is 82.7 Å². The summed E-state index contributed by atoms with van der Waals surface area (Å²) >= 11 is 0.